The lowest BCUT2D eigenvalue weighted by atomic mass is 9.80. The van der Waals surface area contributed by atoms with Crippen molar-refractivity contribution in [2.24, 2.45) is 5.92 Å². The second-order valence-corrected chi connectivity index (χ2v) is 10.4. The normalized spacial score (nSPS) is 34.0. The molecule has 0 bridgehead atoms. The summed E-state index contributed by atoms with van der Waals surface area (Å²) in [4.78, 5) is 12.4. The summed E-state index contributed by atoms with van der Waals surface area (Å²) in [5, 5.41) is 40.1. The SMILES string of the molecule is COc1ccc([C@H]2OC[C@]3(OC(C)=O)[C@@H](c4ccc(O[C@@H]5O[C@H](CO)[C@@H](O)[C@H](O)[C@H]5O)c(OC)c4)OC[C@H]23)cc1OC. The first-order chi connectivity index (χ1) is 20.2. The molecule has 0 spiro atoms. The van der Waals surface area contributed by atoms with Gasteiger partial charge in [0.05, 0.1) is 53.2 Å². The van der Waals surface area contributed by atoms with Crippen molar-refractivity contribution in [3.63, 3.8) is 0 Å². The third-order valence-electron chi connectivity index (χ3n) is 8.02. The smallest absolute Gasteiger partial charge is 0.303 e. The number of aliphatic hydroxyl groups excluding tert-OH is 4. The van der Waals surface area contributed by atoms with Gasteiger partial charge in [0.25, 0.3) is 0 Å². The first kappa shape index (κ1) is 30.3. The molecule has 3 aliphatic rings. The molecule has 13 heteroatoms. The average molecular weight is 593 g/mol. The summed E-state index contributed by atoms with van der Waals surface area (Å²) in [6.07, 6.45) is -8.41. The molecule has 230 valence electrons. The Kier molecular flexibility index (Phi) is 8.81. The molecular formula is C29H36O13. The van der Waals surface area contributed by atoms with Gasteiger partial charge in [0.15, 0.2) is 28.6 Å². The number of carbonyl (C=O) groups is 1. The molecule has 0 aromatic heterocycles. The topological polar surface area (TPSA) is 172 Å². The first-order valence-corrected chi connectivity index (χ1v) is 13.5. The Morgan fingerprint density at radius 2 is 1.52 bits per heavy atom. The largest absolute Gasteiger partial charge is 0.493 e. The minimum atomic E-state index is -1.60. The zero-order valence-electron chi connectivity index (χ0n) is 23.7. The van der Waals surface area contributed by atoms with E-state index in [0.717, 1.165) is 5.56 Å². The lowest BCUT2D eigenvalue weighted by Crippen LogP contribution is -2.60. The van der Waals surface area contributed by atoms with E-state index in [2.05, 4.69) is 0 Å². The Balaban J connectivity index is 1.42. The van der Waals surface area contributed by atoms with Crippen LogP contribution in [0.4, 0.5) is 0 Å². The van der Waals surface area contributed by atoms with Crippen LogP contribution in [0, 0.1) is 5.92 Å². The lowest BCUT2D eigenvalue weighted by molar-refractivity contribution is -0.277. The van der Waals surface area contributed by atoms with Gasteiger partial charge >= 0.3 is 5.97 Å². The predicted molar refractivity (Wildman–Crippen MR) is 142 cm³/mol. The zero-order chi connectivity index (χ0) is 30.2. The van der Waals surface area contributed by atoms with Crippen LogP contribution in [-0.2, 0) is 23.7 Å². The lowest BCUT2D eigenvalue weighted by Gasteiger charge is -2.39. The van der Waals surface area contributed by atoms with Crippen molar-refractivity contribution in [2.75, 3.05) is 41.2 Å². The third-order valence-corrected chi connectivity index (χ3v) is 8.02. The Morgan fingerprint density at radius 3 is 2.19 bits per heavy atom. The Morgan fingerprint density at radius 1 is 0.881 bits per heavy atom. The fraction of sp³-hybridized carbons (Fsp3) is 0.552. The number of hydrogen-bond acceptors (Lipinski definition) is 13. The van der Waals surface area contributed by atoms with E-state index in [1.54, 1.807) is 38.5 Å². The molecule has 5 rings (SSSR count). The molecule has 2 aromatic carbocycles. The van der Waals surface area contributed by atoms with Gasteiger partial charge in [0, 0.05) is 6.92 Å². The minimum absolute atomic E-state index is 0.0758. The number of benzene rings is 2. The molecule has 0 unspecified atom stereocenters. The van der Waals surface area contributed by atoms with E-state index in [-0.39, 0.29) is 30.6 Å². The molecule has 0 amide bonds. The standard InChI is InChI=1S/C29H36O13/c1-14(31)42-29-13-39-26(15-5-7-18(35-2)20(9-15)36-3)17(29)12-38-27(29)16-6-8-19(21(10-16)37-4)40-28-25(34)24(33)23(32)22(11-30)41-28/h5-10,17,22-28,30,32-34H,11-13H2,1-4H3/t17-,22-,23-,24+,25-,26-,27-,28-,29-/m1/s1. The molecule has 0 saturated carbocycles. The van der Waals surface area contributed by atoms with Gasteiger partial charge < -0.3 is 58.3 Å². The summed E-state index contributed by atoms with van der Waals surface area (Å²) in [5.74, 6) is 0.683. The Bertz CT molecular complexity index is 1270. The molecule has 2 aromatic rings. The zero-order valence-corrected chi connectivity index (χ0v) is 23.7. The number of fused-ring (bicyclic) bond motifs is 1. The summed E-state index contributed by atoms with van der Waals surface area (Å²) in [5.41, 5.74) is 0.291. The molecule has 3 heterocycles. The van der Waals surface area contributed by atoms with Crippen molar-refractivity contribution in [2.45, 2.75) is 55.4 Å². The van der Waals surface area contributed by atoms with E-state index in [0.29, 0.717) is 17.1 Å². The Hall–Kier alpha value is -3.17. The van der Waals surface area contributed by atoms with Crippen molar-refractivity contribution < 1.29 is 63.1 Å². The van der Waals surface area contributed by atoms with E-state index < -0.39 is 61.1 Å². The summed E-state index contributed by atoms with van der Waals surface area (Å²) >= 11 is 0. The van der Waals surface area contributed by atoms with Crippen molar-refractivity contribution >= 4 is 5.97 Å². The minimum Gasteiger partial charge on any atom is -0.493 e. The number of methoxy groups -OCH3 is 3. The van der Waals surface area contributed by atoms with E-state index >= 15 is 0 Å². The number of ether oxygens (including phenoxy) is 8. The van der Waals surface area contributed by atoms with Crippen molar-refractivity contribution in [1.29, 1.82) is 0 Å². The number of hydrogen-bond donors (Lipinski definition) is 4. The Labute approximate surface area is 242 Å². The molecule has 42 heavy (non-hydrogen) atoms. The molecule has 4 N–H and O–H groups in total. The molecule has 9 atom stereocenters. The van der Waals surface area contributed by atoms with Crippen molar-refractivity contribution in [3.05, 3.63) is 47.5 Å². The number of carbonyl (C=O) groups excluding carboxylic acids is 1. The van der Waals surface area contributed by atoms with Crippen LogP contribution in [0.5, 0.6) is 23.0 Å². The van der Waals surface area contributed by atoms with Gasteiger partial charge in [-0.15, -0.1) is 0 Å². The van der Waals surface area contributed by atoms with Gasteiger partial charge in [0.1, 0.15) is 30.5 Å². The van der Waals surface area contributed by atoms with E-state index in [4.69, 9.17) is 37.9 Å². The molecule has 0 radical (unpaired) electrons. The second kappa shape index (κ2) is 12.2. The van der Waals surface area contributed by atoms with Crippen LogP contribution in [0.1, 0.15) is 30.3 Å². The van der Waals surface area contributed by atoms with Gasteiger partial charge in [0.2, 0.25) is 6.29 Å². The molecular weight excluding hydrogens is 556 g/mol. The fourth-order valence-electron chi connectivity index (χ4n) is 5.94. The third kappa shape index (κ3) is 5.26. The number of aliphatic hydroxyl groups is 4. The molecule has 13 nitrogen and oxygen atoms in total. The molecule has 3 aliphatic heterocycles. The summed E-state index contributed by atoms with van der Waals surface area (Å²) in [6, 6.07) is 10.4. The van der Waals surface area contributed by atoms with Crippen LogP contribution < -0.4 is 18.9 Å². The quantitative estimate of drug-likeness (QED) is 0.300. The molecule has 3 fully saturated rings. The highest BCUT2D eigenvalue weighted by atomic mass is 16.7. The van der Waals surface area contributed by atoms with Crippen LogP contribution in [-0.4, -0.2) is 104 Å². The number of rotatable bonds is 9. The van der Waals surface area contributed by atoms with Crippen LogP contribution in [0.2, 0.25) is 0 Å². The van der Waals surface area contributed by atoms with Crippen LogP contribution in [0.3, 0.4) is 0 Å². The van der Waals surface area contributed by atoms with Gasteiger partial charge in [-0.2, -0.15) is 0 Å². The highest BCUT2D eigenvalue weighted by molar-refractivity contribution is 5.67. The van der Waals surface area contributed by atoms with E-state index in [1.807, 2.05) is 12.1 Å². The first-order valence-electron chi connectivity index (χ1n) is 13.5. The maximum atomic E-state index is 12.4. The highest BCUT2D eigenvalue weighted by Crippen LogP contribution is 2.56. The van der Waals surface area contributed by atoms with E-state index in [1.165, 1.54) is 14.0 Å². The van der Waals surface area contributed by atoms with E-state index in [9.17, 15) is 25.2 Å². The van der Waals surface area contributed by atoms with Crippen molar-refractivity contribution in [3.8, 4) is 23.0 Å². The summed E-state index contributed by atoms with van der Waals surface area (Å²) in [7, 11) is 4.53. The summed E-state index contributed by atoms with van der Waals surface area (Å²) in [6.45, 7) is 1.06. The second-order valence-electron chi connectivity index (χ2n) is 10.4. The van der Waals surface area contributed by atoms with Gasteiger partial charge in [-0.05, 0) is 35.4 Å². The van der Waals surface area contributed by atoms with Gasteiger partial charge in [-0.1, -0.05) is 12.1 Å². The van der Waals surface area contributed by atoms with Crippen LogP contribution >= 0.6 is 0 Å². The van der Waals surface area contributed by atoms with Gasteiger partial charge in [-0.25, -0.2) is 0 Å². The van der Waals surface area contributed by atoms with Crippen LogP contribution in [0.25, 0.3) is 0 Å². The number of esters is 1. The average Bonchev–Trinajstić information content (AvgIpc) is 3.53. The van der Waals surface area contributed by atoms with Gasteiger partial charge in [-0.3, -0.25) is 4.79 Å². The molecule has 3 saturated heterocycles. The van der Waals surface area contributed by atoms with Crippen LogP contribution in [0.15, 0.2) is 36.4 Å². The maximum absolute atomic E-state index is 12.4. The maximum Gasteiger partial charge on any atom is 0.303 e. The monoisotopic (exact) mass is 592 g/mol. The van der Waals surface area contributed by atoms with Crippen molar-refractivity contribution in [1.82, 2.24) is 0 Å². The molecule has 0 aliphatic carbocycles. The fourth-order valence-corrected chi connectivity index (χ4v) is 5.94. The highest BCUT2D eigenvalue weighted by Gasteiger charge is 2.63. The summed E-state index contributed by atoms with van der Waals surface area (Å²) < 4.78 is 46.1. The predicted octanol–water partition coefficient (Wildman–Crippen LogP) is 0.652.